The van der Waals surface area contributed by atoms with Gasteiger partial charge < -0.3 is 14.4 Å². The van der Waals surface area contributed by atoms with Crippen molar-refractivity contribution in [1.29, 1.82) is 0 Å². The molecule has 116 valence electrons. The van der Waals surface area contributed by atoms with Crippen LogP contribution in [0.25, 0.3) is 0 Å². The summed E-state index contributed by atoms with van der Waals surface area (Å²) in [5.41, 5.74) is 0. The van der Waals surface area contributed by atoms with Crippen LogP contribution in [-0.4, -0.2) is 54.3 Å². The maximum atomic E-state index is 5.93. The molecule has 2 fully saturated rings. The van der Waals surface area contributed by atoms with Gasteiger partial charge in [-0.1, -0.05) is 17.7 Å². The predicted molar refractivity (Wildman–Crippen MR) is 84.9 cm³/mol. The lowest BCUT2D eigenvalue weighted by Crippen LogP contribution is -2.36. The molecular formula is C15H21ClN2O2S. The van der Waals surface area contributed by atoms with Crippen LogP contribution in [0.15, 0.2) is 23.2 Å². The largest absolute Gasteiger partial charge is 0.350 e. The first-order valence-corrected chi connectivity index (χ1v) is 8.80. The fraction of sp³-hybridized carbons (Fsp3) is 0.667. The second-order valence-electron chi connectivity index (χ2n) is 5.42. The van der Waals surface area contributed by atoms with E-state index < -0.39 is 0 Å². The van der Waals surface area contributed by atoms with Crippen LogP contribution in [-0.2, 0) is 9.47 Å². The predicted octanol–water partition coefficient (Wildman–Crippen LogP) is 3.05. The second kappa shape index (κ2) is 7.79. The number of pyridine rings is 1. The molecule has 2 saturated heterocycles. The fourth-order valence-corrected chi connectivity index (χ4v) is 4.05. The van der Waals surface area contributed by atoms with Crippen molar-refractivity contribution in [2.75, 3.05) is 32.8 Å². The summed E-state index contributed by atoms with van der Waals surface area (Å²) >= 11 is 7.79. The highest BCUT2D eigenvalue weighted by molar-refractivity contribution is 7.99. The molecule has 0 amide bonds. The van der Waals surface area contributed by atoms with E-state index in [0.717, 1.165) is 44.3 Å². The smallest absolute Gasteiger partial charge is 0.159 e. The number of halogens is 1. The average Bonchev–Trinajstić information content (AvgIpc) is 3.00. The first-order chi connectivity index (χ1) is 10.3. The molecular weight excluding hydrogens is 308 g/mol. The normalized spacial score (nSPS) is 22.0. The summed E-state index contributed by atoms with van der Waals surface area (Å²) < 4.78 is 11.0. The first-order valence-electron chi connectivity index (χ1n) is 7.54. The van der Waals surface area contributed by atoms with E-state index in [1.807, 2.05) is 30.0 Å². The lowest BCUT2D eigenvalue weighted by atomic mass is 10.1. The highest BCUT2D eigenvalue weighted by Crippen LogP contribution is 2.29. The topological polar surface area (TPSA) is 34.6 Å². The third-order valence-corrected chi connectivity index (χ3v) is 5.37. The zero-order valence-corrected chi connectivity index (χ0v) is 13.6. The number of likely N-dealkylation sites (tertiary alicyclic amines) is 1. The maximum Gasteiger partial charge on any atom is 0.159 e. The Morgan fingerprint density at radius 3 is 2.71 bits per heavy atom. The molecule has 0 N–H and O–H groups in total. The summed E-state index contributed by atoms with van der Waals surface area (Å²) in [6.07, 6.45) is 3.40. The van der Waals surface area contributed by atoms with E-state index in [1.165, 1.54) is 12.8 Å². The van der Waals surface area contributed by atoms with Crippen LogP contribution < -0.4 is 0 Å². The van der Waals surface area contributed by atoms with Crippen molar-refractivity contribution < 1.29 is 9.47 Å². The molecule has 2 aliphatic rings. The van der Waals surface area contributed by atoms with Crippen LogP contribution in [0.5, 0.6) is 0 Å². The molecule has 0 saturated carbocycles. The highest BCUT2D eigenvalue weighted by Gasteiger charge is 2.22. The Balaban J connectivity index is 1.38. The van der Waals surface area contributed by atoms with E-state index in [9.17, 15) is 0 Å². The van der Waals surface area contributed by atoms with Gasteiger partial charge in [0.1, 0.15) is 5.15 Å². The van der Waals surface area contributed by atoms with Crippen molar-refractivity contribution in [3.63, 3.8) is 0 Å². The van der Waals surface area contributed by atoms with Gasteiger partial charge in [0.15, 0.2) is 6.29 Å². The van der Waals surface area contributed by atoms with E-state index >= 15 is 0 Å². The summed E-state index contributed by atoms with van der Waals surface area (Å²) in [6, 6.07) is 5.83. The first kappa shape index (κ1) is 15.6. The van der Waals surface area contributed by atoms with Crippen molar-refractivity contribution >= 4 is 23.4 Å². The van der Waals surface area contributed by atoms with Gasteiger partial charge in [-0.2, -0.15) is 0 Å². The van der Waals surface area contributed by atoms with Crippen LogP contribution in [0.2, 0.25) is 5.15 Å². The summed E-state index contributed by atoms with van der Waals surface area (Å²) in [6.45, 7) is 4.85. The molecule has 0 aliphatic carbocycles. The van der Waals surface area contributed by atoms with Gasteiger partial charge in [0.25, 0.3) is 0 Å². The van der Waals surface area contributed by atoms with E-state index in [2.05, 4.69) is 9.88 Å². The molecule has 0 unspecified atom stereocenters. The maximum absolute atomic E-state index is 5.93. The number of thioether (sulfide) groups is 1. The van der Waals surface area contributed by atoms with E-state index in [4.69, 9.17) is 21.1 Å². The minimum Gasteiger partial charge on any atom is -0.350 e. The van der Waals surface area contributed by atoms with Gasteiger partial charge in [0.05, 0.1) is 18.2 Å². The SMILES string of the molecule is Clc1cccc(SC2CCN(CCC3OCCO3)CC2)n1. The van der Waals surface area contributed by atoms with Gasteiger partial charge in [-0.3, -0.25) is 0 Å². The number of piperidine rings is 1. The molecule has 21 heavy (non-hydrogen) atoms. The Hall–Kier alpha value is -0.330. The van der Waals surface area contributed by atoms with Crippen LogP contribution in [0.4, 0.5) is 0 Å². The lowest BCUT2D eigenvalue weighted by molar-refractivity contribution is -0.0521. The van der Waals surface area contributed by atoms with Gasteiger partial charge in [-0.05, 0) is 38.1 Å². The van der Waals surface area contributed by atoms with Gasteiger partial charge in [0.2, 0.25) is 0 Å². The molecule has 0 bridgehead atoms. The average molecular weight is 329 g/mol. The number of hydrogen-bond acceptors (Lipinski definition) is 5. The van der Waals surface area contributed by atoms with Crippen molar-refractivity contribution in [3.8, 4) is 0 Å². The minimum absolute atomic E-state index is 0.0211. The monoisotopic (exact) mass is 328 g/mol. The summed E-state index contributed by atoms with van der Waals surface area (Å²) in [5, 5.41) is 2.26. The van der Waals surface area contributed by atoms with E-state index in [-0.39, 0.29) is 6.29 Å². The molecule has 4 nitrogen and oxygen atoms in total. The molecule has 3 heterocycles. The molecule has 0 atom stereocenters. The Bertz CT molecular complexity index is 449. The van der Waals surface area contributed by atoms with E-state index in [1.54, 1.807) is 0 Å². The van der Waals surface area contributed by atoms with Crippen LogP contribution in [0.3, 0.4) is 0 Å². The van der Waals surface area contributed by atoms with E-state index in [0.29, 0.717) is 10.4 Å². The standard InChI is InChI=1S/C15H21ClN2O2S/c16-13-2-1-3-14(17-13)21-12-4-7-18(8-5-12)9-6-15-19-10-11-20-15/h1-3,12,15H,4-11H2. The molecule has 6 heteroatoms. The van der Waals surface area contributed by atoms with Crippen LogP contribution in [0.1, 0.15) is 19.3 Å². The Morgan fingerprint density at radius 2 is 2.00 bits per heavy atom. The molecule has 2 aliphatic heterocycles. The van der Waals surface area contributed by atoms with Gasteiger partial charge in [-0.25, -0.2) is 4.98 Å². The van der Waals surface area contributed by atoms with Crippen molar-refractivity contribution in [1.82, 2.24) is 9.88 Å². The Kier molecular flexibility index (Phi) is 5.77. The number of ether oxygens (including phenoxy) is 2. The molecule has 3 rings (SSSR count). The van der Waals surface area contributed by atoms with Crippen molar-refractivity contribution in [2.24, 2.45) is 0 Å². The number of nitrogens with zero attached hydrogens (tertiary/aromatic N) is 2. The fourth-order valence-electron chi connectivity index (χ4n) is 2.74. The Labute approximate surface area is 135 Å². The molecule has 0 spiro atoms. The van der Waals surface area contributed by atoms with Gasteiger partial charge in [-0.15, -0.1) is 11.8 Å². The number of hydrogen-bond donors (Lipinski definition) is 0. The molecule has 1 aromatic heterocycles. The van der Waals surface area contributed by atoms with Crippen molar-refractivity contribution in [3.05, 3.63) is 23.4 Å². The molecule has 1 aromatic rings. The Morgan fingerprint density at radius 1 is 1.24 bits per heavy atom. The molecule has 0 radical (unpaired) electrons. The zero-order chi connectivity index (χ0) is 14.5. The summed E-state index contributed by atoms with van der Waals surface area (Å²) in [4.78, 5) is 6.86. The summed E-state index contributed by atoms with van der Waals surface area (Å²) in [7, 11) is 0. The quantitative estimate of drug-likeness (QED) is 0.776. The minimum atomic E-state index is 0.0211. The lowest BCUT2D eigenvalue weighted by Gasteiger charge is -2.31. The third-order valence-electron chi connectivity index (χ3n) is 3.88. The third kappa shape index (κ3) is 4.83. The van der Waals surface area contributed by atoms with Crippen molar-refractivity contribution in [2.45, 2.75) is 35.8 Å². The highest BCUT2D eigenvalue weighted by atomic mass is 35.5. The van der Waals surface area contributed by atoms with Crippen LogP contribution >= 0.6 is 23.4 Å². The van der Waals surface area contributed by atoms with Gasteiger partial charge in [0, 0.05) is 18.2 Å². The molecule has 0 aromatic carbocycles. The zero-order valence-electron chi connectivity index (χ0n) is 12.0. The van der Waals surface area contributed by atoms with Crippen LogP contribution in [0, 0.1) is 0 Å². The summed E-state index contributed by atoms with van der Waals surface area (Å²) in [5.74, 6) is 0. The second-order valence-corrected chi connectivity index (χ2v) is 7.13. The number of rotatable bonds is 5. The van der Waals surface area contributed by atoms with Gasteiger partial charge >= 0.3 is 0 Å². The number of aromatic nitrogens is 1.